The molecule has 3 saturated heterocycles. The summed E-state index contributed by atoms with van der Waals surface area (Å²) in [5, 5.41) is 5.06. The molecule has 252 valence electrons. The van der Waals surface area contributed by atoms with Gasteiger partial charge in [-0.05, 0) is 74.3 Å². The second-order valence-electron chi connectivity index (χ2n) is 13.9. The molecule has 7 rings (SSSR count). The van der Waals surface area contributed by atoms with Crippen LogP contribution in [0.4, 0.5) is 22.4 Å². The molecule has 1 saturated carbocycles. The first-order chi connectivity index (χ1) is 22.5. The topological polar surface area (TPSA) is 79.1 Å². The zero-order chi connectivity index (χ0) is 32.8. The predicted octanol–water partition coefficient (Wildman–Crippen LogP) is 6.99. The Balaban J connectivity index is 0.841. The summed E-state index contributed by atoms with van der Waals surface area (Å²) in [6.45, 7) is 4.52. The molecular formula is C35H40F4N4O4. The number of hydrogen-bond donors (Lipinski definition) is 0. The Morgan fingerprint density at radius 3 is 2.32 bits per heavy atom. The van der Waals surface area contributed by atoms with Gasteiger partial charge in [-0.3, -0.25) is 9.69 Å². The van der Waals surface area contributed by atoms with Gasteiger partial charge in [0.15, 0.2) is 5.58 Å². The molecule has 3 aromatic rings. The summed E-state index contributed by atoms with van der Waals surface area (Å²) < 4.78 is 63.5. The molecule has 1 spiro atoms. The first-order valence-electron chi connectivity index (χ1n) is 16.8. The Labute approximate surface area is 271 Å². The average molecular weight is 657 g/mol. The maximum atomic E-state index is 13.5. The minimum absolute atomic E-state index is 0.00419. The van der Waals surface area contributed by atoms with Crippen molar-refractivity contribution in [3.8, 4) is 0 Å². The second kappa shape index (κ2) is 12.7. The highest BCUT2D eigenvalue weighted by atomic mass is 19.4. The molecule has 0 N–H and O–H groups in total. The van der Waals surface area contributed by atoms with Crippen molar-refractivity contribution < 1.29 is 36.4 Å². The second-order valence-corrected chi connectivity index (χ2v) is 13.9. The lowest BCUT2D eigenvalue weighted by atomic mass is 9.80. The SMILES string of the molecule is O=C1OC2(CCN(Cc3ccc(C(F)(F)F)cc3)CC2)CN1C[C@H]1CC[C@H](C(=O)N2CCC(c3noc4cc(F)ccc34)CC2)CC1. The molecule has 1 aromatic heterocycles. The summed E-state index contributed by atoms with van der Waals surface area (Å²) in [6.07, 6.45) is 1.79. The quantitative estimate of drug-likeness (QED) is 0.267. The van der Waals surface area contributed by atoms with E-state index in [0.717, 1.165) is 67.3 Å². The molecule has 0 atom stereocenters. The summed E-state index contributed by atoms with van der Waals surface area (Å²) in [6, 6.07) is 9.79. The van der Waals surface area contributed by atoms with E-state index < -0.39 is 17.3 Å². The van der Waals surface area contributed by atoms with Crippen molar-refractivity contribution in [1.82, 2.24) is 19.9 Å². The third kappa shape index (κ3) is 6.84. The fourth-order valence-corrected chi connectivity index (χ4v) is 8.03. The van der Waals surface area contributed by atoms with Crippen LogP contribution in [-0.2, 0) is 22.3 Å². The molecule has 2 aromatic carbocycles. The molecule has 8 nitrogen and oxygen atoms in total. The largest absolute Gasteiger partial charge is 0.441 e. The fraction of sp³-hybridized carbons (Fsp3) is 0.571. The standard InChI is InChI=1S/C35H40F4N4O4/c36-28-9-10-29-30(19-28)47-40-31(29)25-11-15-42(16-12-25)32(44)26-5-1-24(2-6-26)21-43-22-34(46-33(43)45)13-17-41(18-14-34)20-23-3-7-27(8-4-23)35(37,38)39/h3-4,7-10,19,24-26H,1-2,5-6,11-18,20-22H2/t24-,26-. The number of carbonyl (C=O) groups excluding carboxylic acids is 2. The smallest absolute Gasteiger partial charge is 0.416 e. The molecule has 0 unspecified atom stereocenters. The van der Waals surface area contributed by atoms with Gasteiger partial charge >= 0.3 is 12.3 Å². The number of carbonyl (C=O) groups is 2. The minimum atomic E-state index is -4.34. The van der Waals surface area contributed by atoms with Crippen LogP contribution in [0.5, 0.6) is 0 Å². The maximum Gasteiger partial charge on any atom is 0.416 e. The number of halogens is 4. The highest BCUT2D eigenvalue weighted by Crippen LogP contribution is 2.38. The van der Waals surface area contributed by atoms with E-state index in [4.69, 9.17) is 9.26 Å². The average Bonchev–Trinajstić information content (AvgIpc) is 3.62. The van der Waals surface area contributed by atoms with Gasteiger partial charge < -0.3 is 19.1 Å². The summed E-state index contributed by atoms with van der Waals surface area (Å²) in [7, 11) is 0. The van der Waals surface area contributed by atoms with Crippen molar-refractivity contribution in [3.63, 3.8) is 0 Å². The first kappa shape index (κ1) is 31.9. The fourth-order valence-electron chi connectivity index (χ4n) is 8.03. The molecule has 4 fully saturated rings. The van der Waals surface area contributed by atoms with Crippen molar-refractivity contribution in [1.29, 1.82) is 0 Å². The molecule has 3 aliphatic heterocycles. The lowest BCUT2D eigenvalue weighted by molar-refractivity contribution is -0.138. The van der Waals surface area contributed by atoms with Crippen LogP contribution in [0.2, 0.25) is 0 Å². The Kier molecular flexibility index (Phi) is 8.65. The van der Waals surface area contributed by atoms with Crippen molar-refractivity contribution in [3.05, 3.63) is 65.1 Å². The number of fused-ring (bicyclic) bond motifs is 1. The molecule has 1 aliphatic carbocycles. The highest BCUT2D eigenvalue weighted by molar-refractivity contribution is 5.81. The van der Waals surface area contributed by atoms with Crippen molar-refractivity contribution >= 4 is 23.0 Å². The number of piperidine rings is 2. The van der Waals surface area contributed by atoms with Gasteiger partial charge in [0.1, 0.15) is 11.4 Å². The van der Waals surface area contributed by atoms with Crippen LogP contribution >= 0.6 is 0 Å². The lowest BCUT2D eigenvalue weighted by Crippen LogP contribution is -2.47. The molecule has 47 heavy (non-hydrogen) atoms. The number of amides is 2. The van der Waals surface area contributed by atoms with Crippen molar-refractivity contribution in [2.24, 2.45) is 11.8 Å². The molecule has 2 amide bonds. The Hall–Kier alpha value is -3.67. The van der Waals surface area contributed by atoms with Gasteiger partial charge in [-0.2, -0.15) is 13.2 Å². The van der Waals surface area contributed by atoms with E-state index in [1.54, 1.807) is 6.07 Å². The van der Waals surface area contributed by atoms with Crippen LogP contribution in [-0.4, -0.2) is 76.7 Å². The zero-order valence-electron chi connectivity index (χ0n) is 26.3. The summed E-state index contributed by atoms with van der Waals surface area (Å²) in [4.78, 5) is 32.3. The minimum Gasteiger partial charge on any atom is -0.441 e. The number of aromatic nitrogens is 1. The zero-order valence-corrected chi connectivity index (χ0v) is 26.3. The molecule has 0 bridgehead atoms. The first-order valence-corrected chi connectivity index (χ1v) is 16.8. The van der Waals surface area contributed by atoms with Crippen molar-refractivity contribution in [2.45, 2.75) is 75.6 Å². The van der Waals surface area contributed by atoms with Gasteiger partial charge in [-0.25, -0.2) is 9.18 Å². The normalized spacial score (nSPS) is 24.3. The number of ether oxygens (including phenoxy) is 1. The van der Waals surface area contributed by atoms with E-state index in [2.05, 4.69) is 10.1 Å². The number of rotatable bonds is 6. The number of benzene rings is 2. The Morgan fingerprint density at radius 1 is 0.936 bits per heavy atom. The van der Waals surface area contributed by atoms with Crippen LogP contribution in [0.3, 0.4) is 0 Å². The van der Waals surface area contributed by atoms with Crippen LogP contribution in [0, 0.1) is 17.7 Å². The third-order valence-electron chi connectivity index (χ3n) is 10.8. The van der Waals surface area contributed by atoms with Gasteiger partial charge in [0.2, 0.25) is 5.91 Å². The molecular weight excluding hydrogens is 616 g/mol. The van der Waals surface area contributed by atoms with Gasteiger partial charge in [-0.1, -0.05) is 17.3 Å². The number of nitrogens with zero attached hydrogens (tertiary/aromatic N) is 4. The van der Waals surface area contributed by atoms with Gasteiger partial charge in [0.25, 0.3) is 0 Å². The molecule has 4 aliphatic rings. The van der Waals surface area contributed by atoms with Crippen LogP contribution in [0.1, 0.15) is 74.1 Å². The molecule has 0 radical (unpaired) electrons. The van der Waals surface area contributed by atoms with Gasteiger partial charge in [-0.15, -0.1) is 0 Å². The van der Waals surface area contributed by atoms with E-state index in [1.165, 1.54) is 24.3 Å². The van der Waals surface area contributed by atoms with E-state index in [-0.39, 0.29) is 29.7 Å². The summed E-state index contributed by atoms with van der Waals surface area (Å²) >= 11 is 0. The lowest BCUT2D eigenvalue weighted by Gasteiger charge is -2.38. The van der Waals surface area contributed by atoms with Gasteiger partial charge in [0, 0.05) is 75.4 Å². The van der Waals surface area contributed by atoms with Crippen molar-refractivity contribution in [2.75, 3.05) is 39.3 Å². The number of alkyl halides is 3. The van der Waals surface area contributed by atoms with E-state index in [0.29, 0.717) is 70.2 Å². The van der Waals surface area contributed by atoms with Crippen LogP contribution < -0.4 is 0 Å². The number of hydrogen-bond acceptors (Lipinski definition) is 6. The summed E-state index contributed by atoms with van der Waals surface area (Å²) in [5.74, 6) is 0.380. The monoisotopic (exact) mass is 656 g/mol. The highest BCUT2D eigenvalue weighted by Gasteiger charge is 2.47. The Morgan fingerprint density at radius 2 is 1.64 bits per heavy atom. The van der Waals surface area contributed by atoms with Crippen LogP contribution in [0.15, 0.2) is 47.0 Å². The van der Waals surface area contributed by atoms with Gasteiger partial charge in [0.05, 0.1) is 17.8 Å². The molecule has 4 heterocycles. The Bertz CT molecular complexity index is 1590. The van der Waals surface area contributed by atoms with Crippen LogP contribution in [0.25, 0.3) is 11.0 Å². The van der Waals surface area contributed by atoms with E-state index >= 15 is 0 Å². The van der Waals surface area contributed by atoms with E-state index in [1.807, 2.05) is 9.80 Å². The molecule has 12 heteroatoms. The maximum absolute atomic E-state index is 13.5. The predicted molar refractivity (Wildman–Crippen MR) is 165 cm³/mol. The summed E-state index contributed by atoms with van der Waals surface area (Å²) in [5.41, 5.74) is 0.969. The van der Waals surface area contributed by atoms with E-state index in [9.17, 15) is 27.2 Å². The third-order valence-corrected chi connectivity index (χ3v) is 10.8. The number of likely N-dealkylation sites (tertiary alicyclic amines) is 2.